The van der Waals surface area contributed by atoms with E-state index in [9.17, 15) is 10.2 Å². The standard InChI is InChI=1S/C13H12N2O2/c14-15-12(9-5-2-1-3-6-9)10-7-4-8-11(16)13(10)17/h1-8,12,14,16-17H. The van der Waals surface area contributed by atoms with E-state index in [1.54, 1.807) is 12.1 Å². The van der Waals surface area contributed by atoms with Gasteiger partial charge in [-0.1, -0.05) is 42.5 Å². The van der Waals surface area contributed by atoms with Crippen LogP contribution in [-0.2, 0) is 0 Å². The fourth-order valence-electron chi connectivity index (χ4n) is 1.73. The number of phenols is 2. The predicted molar refractivity (Wildman–Crippen MR) is 63.2 cm³/mol. The summed E-state index contributed by atoms with van der Waals surface area (Å²) in [5.74, 6) is -0.426. The number of hydrogen-bond donors (Lipinski definition) is 3. The van der Waals surface area contributed by atoms with Crippen LogP contribution in [0, 0.1) is 5.53 Å². The van der Waals surface area contributed by atoms with Crippen LogP contribution in [0.2, 0.25) is 0 Å². The van der Waals surface area contributed by atoms with Gasteiger partial charge in [0.25, 0.3) is 0 Å². The topological polar surface area (TPSA) is 76.7 Å². The van der Waals surface area contributed by atoms with Crippen LogP contribution >= 0.6 is 0 Å². The molecule has 0 fully saturated rings. The summed E-state index contributed by atoms with van der Waals surface area (Å²) in [5, 5.41) is 22.7. The molecule has 4 heteroatoms. The van der Waals surface area contributed by atoms with Crippen molar-refractivity contribution in [3.63, 3.8) is 0 Å². The molecule has 0 aromatic heterocycles. The number of nitrogens with zero attached hydrogens (tertiary/aromatic N) is 1. The molecule has 3 N–H and O–H groups in total. The Morgan fingerprint density at radius 2 is 1.65 bits per heavy atom. The summed E-state index contributed by atoms with van der Waals surface area (Å²) in [7, 11) is 0. The molecule has 0 amide bonds. The van der Waals surface area contributed by atoms with E-state index in [1.807, 2.05) is 30.3 Å². The first-order valence-electron chi connectivity index (χ1n) is 5.16. The van der Waals surface area contributed by atoms with Crippen molar-refractivity contribution in [2.24, 2.45) is 5.11 Å². The van der Waals surface area contributed by atoms with Crippen molar-refractivity contribution in [1.29, 1.82) is 5.53 Å². The minimum absolute atomic E-state index is 0.202. The van der Waals surface area contributed by atoms with Crippen molar-refractivity contribution < 1.29 is 10.2 Å². The summed E-state index contributed by atoms with van der Waals surface area (Å²) in [5.41, 5.74) is 8.45. The SMILES string of the molecule is N=NC(c1ccccc1)c1cccc(O)c1O. The Morgan fingerprint density at radius 1 is 0.941 bits per heavy atom. The molecule has 86 valence electrons. The van der Waals surface area contributed by atoms with Gasteiger partial charge in [-0.3, -0.25) is 0 Å². The van der Waals surface area contributed by atoms with Gasteiger partial charge in [0.15, 0.2) is 11.5 Å². The number of phenolic OH excluding ortho intramolecular Hbond substituents is 2. The van der Waals surface area contributed by atoms with Crippen LogP contribution in [0.1, 0.15) is 17.2 Å². The molecule has 2 aromatic rings. The van der Waals surface area contributed by atoms with E-state index in [4.69, 9.17) is 5.53 Å². The van der Waals surface area contributed by atoms with E-state index in [1.165, 1.54) is 6.07 Å². The van der Waals surface area contributed by atoms with Crippen LogP contribution in [0.15, 0.2) is 53.6 Å². The summed E-state index contributed by atoms with van der Waals surface area (Å²) in [6, 6.07) is 13.3. The largest absolute Gasteiger partial charge is 0.504 e. The van der Waals surface area contributed by atoms with Gasteiger partial charge < -0.3 is 10.2 Å². The molecule has 0 aliphatic carbocycles. The maximum atomic E-state index is 9.77. The van der Waals surface area contributed by atoms with E-state index in [0.717, 1.165) is 5.56 Å². The molecule has 0 saturated carbocycles. The molecule has 0 saturated heterocycles. The van der Waals surface area contributed by atoms with Gasteiger partial charge in [0.05, 0.1) is 0 Å². The Hall–Kier alpha value is -2.36. The van der Waals surface area contributed by atoms with Crippen molar-refractivity contribution in [2.45, 2.75) is 6.04 Å². The van der Waals surface area contributed by atoms with Crippen LogP contribution in [0.5, 0.6) is 11.5 Å². The van der Waals surface area contributed by atoms with Crippen LogP contribution in [-0.4, -0.2) is 10.2 Å². The zero-order chi connectivity index (χ0) is 12.3. The van der Waals surface area contributed by atoms with E-state index < -0.39 is 6.04 Å². The second-order valence-electron chi connectivity index (χ2n) is 3.66. The summed E-state index contributed by atoms with van der Waals surface area (Å²) in [4.78, 5) is 0. The maximum absolute atomic E-state index is 9.77. The average Bonchev–Trinajstić information content (AvgIpc) is 2.37. The van der Waals surface area contributed by atoms with E-state index >= 15 is 0 Å². The van der Waals surface area contributed by atoms with Crippen LogP contribution in [0.4, 0.5) is 0 Å². The Balaban J connectivity index is 2.50. The Kier molecular flexibility index (Phi) is 3.05. The van der Waals surface area contributed by atoms with Crippen molar-refractivity contribution in [1.82, 2.24) is 0 Å². The third kappa shape index (κ3) is 2.10. The highest BCUT2D eigenvalue weighted by Gasteiger charge is 2.18. The second-order valence-corrected chi connectivity index (χ2v) is 3.66. The number of nitrogens with one attached hydrogen (secondary N) is 1. The number of benzene rings is 2. The molecule has 17 heavy (non-hydrogen) atoms. The molecule has 0 bridgehead atoms. The van der Waals surface area contributed by atoms with Crippen LogP contribution in [0.3, 0.4) is 0 Å². The van der Waals surface area contributed by atoms with Crippen molar-refractivity contribution in [2.75, 3.05) is 0 Å². The minimum atomic E-state index is -0.594. The third-order valence-corrected chi connectivity index (χ3v) is 2.58. The third-order valence-electron chi connectivity index (χ3n) is 2.58. The highest BCUT2D eigenvalue weighted by molar-refractivity contribution is 5.48. The zero-order valence-corrected chi connectivity index (χ0v) is 9.04. The van der Waals surface area contributed by atoms with E-state index in [0.29, 0.717) is 5.56 Å². The van der Waals surface area contributed by atoms with E-state index in [2.05, 4.69) is 5.11 Å². The van der Waals surface area contributed by atoms with E-state index in [-0.39, 0.29) is 11.5 Å². The molecule has 2 rings (SSSR count). The lowest BCUT2D eigenvalue weighted by atomic mass is 9.98. The molecular formula is C13H12N2O2. The number of para-hydroxylation sites is 1. The molecule has 0 aliphatic rings. The van der Waals surface area contributed by atoms with Crippen molar-refractivity contribution in [3.05, 3.63) is 59.7 Å². The van der Waals surface area contributed by atoms with Gasteiger partial charge >= 0.3 is 0 Å². The Morgan fingerprint density at radius 3 is 2.29 bits per heavy atom. The van der Waals surface area contributed by atoms with Gasteiger partial charge in [0.1, 0.15) is 6.04 Å². The number of rotatable bonds is 3. The van der Waals surface area contributed by atoms with Crippen LogP contribution in [0.25, 0.3) is 0 Å². The average molecular weight is 228 g/mol. The lowest BCUT2D eigenvalue weighted by molar-refractivity contribution is 0.397. The first-order chi connectivity index (χ1) is 8.24. The van der Waals surface area contributed by atoms with Gasteiger partial charge in [-0.05, 0) is 11.6 Å². The van der Waals surface area contributed by atoms with Crippen molar-refractivity contribution in [3.8, 4) is 11.5 Å². The highest BCUT2D eigenvalue weighted by Crippen LogP contribution is 2.37. The lowest BCUT2D eigenvalue weighted by Crippen LogP contribution is -1.97. The van der Waals surface area contributed by atoms with Gasteiger partial charge in [-0.2, -0.15) is 5.11 Å². The minimum Gasteiger partial charge on any atom is -0.504 e. The smallest absolute Gasteiger partial charge is 0.163 e. The van der Waals surface area contributed by atoms with Gasteiger partial charge in [0, 0.05) is 5.56 Å². The van der Waals surface area contributed by atoms with Crippen molar-refractivity contribution >= 4 is 0 Å². The van der Waals surface area contributed by atoms with Crippen LogP contribution < -0.4 is 0 Å². The summed E-state index contributed by atoms with van der Waals surface area (Å²) in [6.45, 7) is 0. The zero-order valence-electron chi connectivity index (χ0n) is 9.04. The molecule has 0 heterocycles. The Bertz CT molecular complexity index is 526. The molecule has 4 nitrogen and oxygen atoms in total. The first-order valence-corrected chi connectivity index (χ1v) is 5.16. The molecule has 0 spiro atoms. The second kappa shape index (κ2) is 4.65. The van der Waals surface area contributed by atoms with Gasteiger partial charge in [-0.25, -0.2) is 5.53 Å². The molecule has 0 aliphatic heterocycles. The Labute approximate surface area is 98.7 Å². The first kappa shape index (κ1) is 11.1. The number of hydrogen-bond acceptors (Lipinski definition) is 4. The predicted octanol–water partition coefficient (Wildman–Crippen LogP) is 3.22. The highest BCUT2D eigenvalue weighted by atomic mass is 16.3. The summed E-state index contributed by atoms with van der Waals surface area (Å²) in [6.07, 6.45) is 0. The molecule has 1 atom stereocenters. The van der Waals surface area contributed by atoms with Gasteiger partial charge in [-0.15, -0.1) is 0 Å². The summed E-state index contributed by atoms with van der Waals surface area (Å²) < 4.78 is 0. The lowest BCUT2D eigenvalue weighted by Gasteiger charge is -2.13. The van der Waals surface area contributed by atoms with Gasteiger partial charge in [0.2, 0.25) is 0 Å². The number of aromatic hydroxyl groups is 2. The maximum Gasteiger partial charge on any atom is 0.163 e. The monoisotopic (exact) mass is 228 g/mol. The summed E-state index contributed by atoms with van der Waals surface area (Å²) >= 11 is 0. The molecule has 2 aromatic carbocycles. The molecular weight excluding hydrogens is 216 g/mol. The normalized spacial score (nSPS) is 12.0. The molecule has 0 radical (unpaired) electrons. The fourth-order valence-corrected chi connectivity index (χ4v) is 1.73. The fraction of sp³-hybridized carbons (Fsp3) is 0.0769. The molecule has 1 unspecified atom stereocenters. The quantitative estimate of drug-likeness (QED) is 0.557.